The van der Waals surface area contributed by atoms with E-state index in [4.69, 9.17) is 9.57 Å². The third kappa shape index (κ3) is 1.39. The van der Waals surface area contributed by atoms with E-state index in [1.54, 1.807) is 17.4 Å². The van der Waals surface area contributed by atoms with Crippen molar-refractivity contribution in [1.29, 1.82) is 0 Å². The fraction of sp³-hybridized carbons (Fsp3) is 0.182. The molecule has 1 aromatic rings. The lowest BCUT2D eigenvalue weighted by Gasteiger charge is -2.25. The molecule has 1 saturated heterocycles. The Morgan fingerprint density at radius 2 is 2.13 bits per heavy atom. The maximum Gasteiger partial charge on any atom is 0.220 e. The molecule has 0 bridgehead atoms. The van der Waals surface area contributed by atoms with Crippen molar-refractivity contribution in [3.05, 3.63) is 47.9 Å². The maximum atomic E-state index is 5.35. The van der Waals surface area contributed by atoms with Crippen LogP contribution in [0, 0.1) is 0 Å². The summed E-state index contributed by atoms with van der Waals surface area (Å²) in [6.45, 7) is 0.262. The van der Waals surface area contributed by atoms with Crippen LogP contribution in [0.5, 0.6) is 0 Å². The minimum Gasteiger partial charge on any atom is -0.448 e. The Labute approximate surface area is 87.4 Å². The molecule has 15 heavy (non-hydrogen) atoms. The van der Waals surface area contributed by atoms with Crippen LogP contribution in [0.2, 0.25) is 0 Å². The summed E-state index contributed by atoms with van der Waals surface area (Å²) >= 11 is 0. The van der Waals surface area contributed by atoms with Gasteiger partial charge in [-0.3, -0.25) is 4.99 Å². The first-order valence-corrected chi connectivity index (χ1v) is 4.78. The van der Waals surface area contributed by atoms with Crippen molar-refractivity contribution < 1.29 is 9.57 Å². The molecule has 1 unspecified atom stereocenters. The number of nitrogens with zero attached hydrogens (tertiary/aromatic N) is 2. The number of hydrogen-bond acceptors (Lipinski definition) is 4. The molecule has 3 rings (SSSR count). The molecule has 0 amide bonds. The average molecular weight is 202 g/mol. The van der Waals surface area contributed by atoms with Crippen LogP contribution in [0.25, 0.3) is 0 Å². The first-order chi connectivity index (χ1) is 7.45. The Morgan fingerprint density at radius 1 is 1.27 bits per heavy atom. The van der Waals surface area contributed by atoms with E-state index in [-0.39, 0.29) is 13.0 Å². The number of aliphatic imine (C=N–C) groups is 1. The second kappa shape index (κ2) is 3.40. The van der Waals surface area contributed by atoms with E-state index >= 15 is 0 Å². The second-order valence-electron chi connectivity index (χ2n) is 3.30. The van der Waals surface area contributed by atoms with Crippen LogP contribution in [0.4, 0.5) is 0 Å². The molecule has 76 valence electrons. The molecule has 4 nitrogen and oxygen atoms in total. The van der Waals surface area contributed by atoms with Gasteiger partial charge in [-0.25, -0.2) is 4.84 Å². The van der Waals surface area contributed by atoms with E-state index in [2.05, 4.69) is 4.99 Å². The maximum absolute atomic E-state index is 5.35. The van der Waals surface area contributed by atoms with Crippen LogP contribution in [-0.4, -0.2) is 18.1 Å². The Kier molecular flexibility index (Phi) is 1.93. The Morgan fingerprint density at radius 3 is 3.00 bits per heavy atom. The molecule has 0 aromatic heterocycles. The van der Waals surface area contributed by atoms with Crippen molar-refractivity contribution in [2.75, 3.05) is 6.79 Å². The van der Waals surface area contributed by atoms with Crippen LogP contribution in [0.1, 0.15) is 11.7 Å². The molecule has 1 atom stereocenters. The zero-order chi connectivity index (χ0) is 10.1. The van der Waals surface area contributed by atoms with Crippen molar-refractivity contribution in [2.45, 2.75) is 6.17 Å². The second-order valence-corrected chi connectivity index (χ2v) is 3.30. The average Bonchev–Trinajstić information content (AvgIpc) is 2.78. The zero-order valence-electron chi connectivity index (χ0n) is 8.04. The van der Waals surface area contributed by atoms with Crippen LogP contribution < -0.4 is 0 Å². The Hall–Kier alpha value is -1.81. The van der Waals surface area contributed by atoms with Crippen LogP contribution >= 0.6 is 0 Å². The number of ether oxygens (including phenoxy) is 1. The van der Waals surface area contributed by atoms with E-state index in [0.717, 1.165) is 11.4 Å². The fourth-order valence-electron chi connectivity index (χ4n) is 1.68. The fourth-order valence-corrected chi connectivity index (χ4v) is 1.68. The molecule has 2 aliphatic rings. The summed E-state index contributed by atoms with van der Waals surface area (Å²) in [4.78, 5) is 9.71. The number of allylic oxidation sites excluding steroid dienone is 1. The van der Waals surface area contributed by atoms with E-state index in [1.165, 1.54) is 0 Å². The molecule has 0 spiro atoms. The molecule has 0 aliphatic carbocycles. The first kappa shape index (κ1) is 8.49. The van der Waals surface area contributed by atoms with Crippen LogP contribution in [0.3, 0.4) is 0 Å². The summed E-state index contributed by atoms with van der Waals surface area (Å²) in [7, 11) is 0. The molecule has 0 radical (unpaired) electrons. The lowest BCUT2D eigenvalue weighted by molar-refractivity contribution is -0.130. The number of benzene rings is 1. The van der Waals surface area contributed by atoms with Gasteiger partial charge in [0.1, 0.15) is 0 Å². The van der Waals surface area contributed by atoms with Gasteiger partial charge in [-0.1, -0.05) is 30.3 Å². The molecule has 2 aliphatic heterocycles. The highest BCUT2D eigenvalue weighted by atomic mass is 16.8. The predicted molar refractivity (Wildman–Crippen MR) is 54.6 cm³/mol. The van der Waals surface area contributed by atoms with Crippen molar-refractivity contribution in [1.82, 2.24) is 5.06 Å². The van der Waals surface area contributed by atoms with Crippen molar-refractivity contribution in [3.8, 4) is 0 Å². The zero-order valence-corrected chi connectivity index (χ0v) is 8.04. The third-order valence-electron chi connectivity index (χ3n) is 2.38. The molecule has 2 heterocycles. The lowest BCUT2D eigenvalue weighted by Crippen LogP contribution is -2.24. The minimum atomic E-state index is -0.131. The molecule has 0 N–H and O–H groups in total. The summed E-state index contributed by atoms with van der Waals surface area (Å²) in [5, 5.41) is 1.69. The lowest BCUT2D eigenvalue weighted by atomic mass is 10.1. The molecule has 1 aromatic carbocycles. The number of hydroxylamine groups is 2. The summed E-state index contributed by atoms with van der Waals surface area (Å²) in [5.74, 6) is 0.721. The molecule has 1 fully saturated rings. The van der Waals surface area contributed by atoms with Gasteiger partial charge >= 0.3 is 0 Å². The first-order valence-electron chi connectivity index (χ1n) is 4.78. The highest BCUT2D eigenvalue weighted by Gasteiger charge is 2.30. The minimum absolute atomic E-state index is 0.131. The summed E-state index contributed by atoms with van der Waals surface area (Å²) in [6, 6.07) is 9.99. The summed E-state index contributed by atoms with van der Waals surface area (Å²) in [5.41, 5.74) is 1.09. The highest BCUT2D eigenvalue weighted by Crippen LogP contribution is 2.31. The number of rotatable bonds is 1. The van der Waals surface area contributed by atoms with E-state index in [0.29, 0.717) is 0 Å². The van der Waals surface area contributed by atoms with Gasteiger partial charge in [0.05, 0.1) is 0 Å². The van der Waals surface area contributed by atoms with Crippen LogP contribution in [0.15, 0.2) is 47.3 Å². The van der Waals surface area contributed by atoms with Gasteiger partial charge in [-0.15, -0.1) is 0 Å². The van der Waals surface area contributed by atoms with Gasteiger partial charge < -0.3 is 4.74 Å². The van der Waals surface area contributed by atoms with Gasteiger partial charge in [-0.2, -0.15) is 5.06 Å². The van der Waals surface area contributed by atoms with Crippen molar-refractivity contribution in [3.63, 3.8) is 0 Å². The SMILES string of the molecule is C1=NC(c2ccccc2)N2OCOC2=C1. The number of fused-ring (bicyclic) bond motifs is 1. The monoisotopic (exact) mass is 202 g/mol. The number of hydrogen-bond donors (Lipinski definition) is 0. The Bertz CT molecular complexity index is 414. The quantitative estimate of drug-likeness (QED) is 0.696. The summed E-state index contributed by atoms with van der Waals surface area (Å²) < 4.78 is 5.28. The largest absolute Gasteiger partial charge is 0.448 e. The van der Waals surface area contributed by atoms with E-state index < -0.39 is 0 Å². The van der Waals surface area contributed by atoms with Crippen molar-refractivity contribution in [2.24, 2.45) is 4.99 Å². The van der Waals surface area contributed by atoms with Gasteiger partial charge in [0.2, 0.25) is 12.7 Å². The third-order valence-corrected chi connectivity index (χ3v) is 2.38. The Balaban J connectivity index is 1.95. The predicted octanol–water partition coefficient (Wildman–Crippen LogP) is 1.83. The smallest absolute Gasteiger partial charge is 0.220 e. The van der Waals surface area contributed by atoms with E-state index in [1.807, 2.05) is 30.3 Å². The topological polar surface area (TPSA) is 34.1 Å². The molecular formula is C11H10N2O2. The van der Waals surface area contributed by atoms with Gasteiger partial charge in [0, 0.05) is 12.3 Å². The highest BCUT2D eigenvalue weighted by molar-refractivity contribution is 5.72. The molecule has 0 saturated carbocycles. The molecule has 4 heteroatoms. The van der Waals surface area contributed by atoms with Crippen LogP contribution in [-0.2, 0) is 9.57 Å². The van der Waals surface area contributed by atoms with Crippen molar-refractivity contribution >= 4 is 6.21 Å². The van der Waals surface area contributed by atoms with Gasteiger partial charge in [0.15, 0.2) is 6.17 Å². The molecular weight excluding hydrogens is 192 g/mol. The normalized spacial score (nSPS) is 23.3. The summed E-state index contributed by atoms with van der Waals surface area (Å²) in [6.07, 6.45) is 3.42. The van der Waals surface area contributed by atoms with E-state index in [9.17, 15) is 0 Å². The standard InChI is InChI=1S/C11H10N2O2/c1-2-4-9(5-3-1)11-12-7-6-10-13(11)15-8-14-10/h1-7,11H,8H2. The van der Waals surface area contributed by atoms with Gasteiger partial charge in [-0.05, 0) is 5.56 Å². The van der Waals surface area contributed by atoms with Gasteiger partial charge in [0.25, 0.3) is 0 Å².